The van der Waals surface area contributed by atoms with Gasteiger partial charge in [-0.05, 0) is 37.8 Å². The number of ether oxygens (including phenoxy) is 2. The summed E-state index contributed by atoms with van der Waals surface area (Å²) in [6.07, 6.45) is 5.53. The van der Waals surface area contributed by atoms with Crippen LogP contribution in [0.5, 0.6) is 5.75 Å². The summed E-state index contributed by atoms with van der Waals surface area (Å²) >= 11 is 6.16. The number of hydrogen-bond acceptors (Lipinski definition) is 4. The Labute approximate surface area is 158 Å². The van der Waals surface area contributed by atoms with Gasteiger partial charge in [-0.25, -0.2) is 0 Å². The maximum atomic E-state index is 13.1. The Balaban J connectivity index is 1.36. The van der Waals surface area contributed by atoms with Crippen LogP contribution in [0.25, 0.3) is 0 Å². The largest absolute Gasteiger partial charge is 0.489 e. The molecule has 140 valence electrons. The molecule has 6 heteroatoms. The highest BCUT2D eigenvalue weighted by Gasteiger charge is 2.54. The van der Waals surface area contributed by atoms with Crippen LogP contribution >= 0.6 is 11.6 Å². The van der Waals surface area contributed by atoms with E-state index in [-0.39, 0.29) is 30.3 Å². The monoisotopic (exact) mass is 377 g/mol. The number of halogens is 1. The molecule has 0 bridgehead atoms. The first kappa shape index (κ1) is 17.7. The van der Waals surface area contributed by atoms with E-state index in [0.717, 1.165) is 38.5 Å². The van der Waals surface area contributed by atoms with E-state index >= 15 is 0 Å². The van der Waals surface area contributed by atoms with Crippen LogP contribution in [0.15, 0.2) is 24.3 Å². The topological polar surface area (TPSA) is 55.8 Å². The van der Waals surface area contributed by atoms with E-state index in [4.69, 9.17) is 21.1 Å². The highest BCUT2D eigenvalue weighted by atomic mass is 35.5. The van der Waals surface area contributed by atoms with Crippen molar-refractivity contribution in [2.45, 2.75) is 56.7 Å². The van der Waals surface area contributed by atoms with Crippen LogP contribution in [-0.4, -0.2) is 41.6 Å². The summed E-state index contributed by atoms with van der Waals surface area (Å²) in [6.45, 7) is 1.30. The second-order valence-corrected chi connectivity index (χ2v) is 7.98. The minimum Gasteiger partial charge on any atom is -0.489 e. The number of amides is 1. The number of nitrogens with zero attached hydrogens (tertiary/aromatic N) is 1. The van der Waals surface area contributed by atoms with Crippen LogP contribution in [0.3, 0.4) is 0 Å². The molecule has 1 atom stereocenters. The number of piperidine rings is 1. The predicted molar refractivity (Wildman–Crippen MR) is 97.1 cm³/mol. The highest BCUT2D eigenvalue weighted by molar-refractivity contribution is 6.32. The molecule has 2 saturated heterocycles. The lowest BCUT2D eigenvalue weighted by Gasteiger charge is -2.36. The summed E-state index contributed by atoms with van der Waals surface area (Å²) in [5.41, 5.74) is -0.529. The molecule has 0 radical (unpaired) electrons. The van der Waals surface area contributed by atoms with Crippen molar-refractivity contribution in [3.63, 3.8) is 0 Å². The number of benzene rings is 1. The van der Waals surface area contributed by atoms with Crippen molar-refractivity contribution in [3.05, 3.63) is 29.3 Å². The molecule has 0 aromatic heterocycles. The fourth-order valence-electron chi connectivity index (χ4n) is 4.56. The molecule has 1 aromatic rings. The maximum absolute atomic E-state index is 13.1. The van der Waals surface area contributed by atoms with E-state index < -0.39 is 5.60 Å². The summed E-state index contributed by atoms with van der Waals surface area (Å²) in [6, 6.07) is 7.46. The molecule has 1 aromatic carbocycles. The fourth-order valence-corrected chi connectivity index (χ4v) is 4.74. The van der Waals surface area contributed by atoms with Crippen molar-refractivity contribution in [2.75, 3.05) is 13.1 Å². The standard InChI is InChI=1S/C20H24ClNO4/c21-16-5-1-2-6-17(16)25-14-7-11-22(12-8-14)19(24)15-13-18(23)26-20(15)9-3-4-10-20/h1-2,5-6,14-15H,3-4,7-13H2. The van der Waals surface area contributed by atoms with Crippen LogP contribution < -0.4 is 4.74 Å². The Morgan fingerprint density at radius 2 is 1.88 bits per heavy atom. The smallest absolute Gasteiger partial charge is 0.307 e. The Kier molecular flexibility index (Phi) is 4.82. The molecule has 1 saturated carbocycles. The molecule has 1 amide bonds. The number of carbonyl (C=O) groups excluding carboxylic acids is 2. The van der Waals surface area contributed by atoms with Gasteiger partial charge in [0.25, 0.3) is 0 Å². The fraction of sp³-hybridized carbons (Fsp3) is 0.600. The summed E-state index contributed by atoms with van der Waals surface area (Å²) in [5, 5.41) is 0.607. The van der Waals surface area contributed by atoms with Gasteiger partial charge in [-0.1, -0.05) is 23.7 Å². The molecule has 26 heavy (non-hydrogen) atoms. The van der Waals surface area contributed by atoms with Crippen molar-refractivity contribution in [2.24, 2.45) is 5.92 Å². The molecule has 1 unspecified atom stereocenters. The normalized spacial score (nSPS) is 25.5. The van der Waals surface area contributed by atoms with Gasteiger partial charge in [-0.2, -0.15) is 0 Å². The molecule has 2 heterocycles. The summed E-state index contributed by atoms with van der Waals surface area (Å²) in [5.74, 6) is 0.244. The van der Waals surface area contributed by atoms with E-state index in [1.165, 1.54) is 0 Å². The quantitative estimate of drug-likeness (QED) is 0.755. The highest BCUT2D eigenvalue weighted by Crippen LogP contribution is 2.46. The van der Waals surface area contributed by atoms with Crippen LogP contribution in [-0.2, 0) is 14.3 Å². The van der Waals surface area contributed by atoms with E-state index in [1.807, 2.05) is 29.2 Å². The lowest BCUT2D eigenvalue weighted by molar-refractivity contribution is -0.152. The van der Waals surface area contributed by atoms with Crippen molar-refractivity contribution < 1.29 is 19.1 Å². The van der Waals surface area contributed by atoms with Crippen molar-refractivity contribution in [3.8, 4) is 5.75 Å². The molecule has 1 aliphatic carbocycles. The average molecular weight is 378 g/mol. The second kappa shape index (κ2) is 7.10. The molecule has 4 rings (SSSR count). The van der Waals surface area contributed by atoms with Gasteiger partial charge in [0.2, 0.25) is 5.91 Å². The second-order valence-electron chi connectivity index (χ2n) is 7.58. The molecule has 2 aliphatic heterocycles. The van der Waals surface area contributed by atoms with Gasteiger partial charge in [0.1, 0.15) is 17.5 Å². The zero-order chi connectivity index (χ0) is 18.1. The zero-order valence-corrected chi connectivity index (χ0v) is 15.5. The van der Waals surface area contributed by atoms with Gasteiger partial charge >= 0.3 is 5.97 Å². The van der Waals surface area contributed by atoms with Crippen LogP contribution in [0.2, 0.25) is 5.02 Å². The molecular formula is C20H24ClNO4. The number of para-hydroxylation sites is 1. The first-order chi connectivity index (χ1) is 12.6. The minimum atomic E-state index is -0.529. The SMILES string of the molecule is O=C1CC(C(=O)N2CCC(Oc3ccccc3Cl)CC2)C2(CCCC2)O1. The summed E-state index contributed by atoms with van der Waals surface area (Å²) < 4.78 is 11.6. The van der Waals surface area contributed by atoms with Gasteiger partial charge in [0.05, 0.1) is 17.4 Å². The molecule has 5 nitrogen and oxygen atoms in total. The lowest BCUT2D eigenvalue weighted by Crippen LogP contribution is -2.48. The first-order valence-electron chi connectivity index (χ1n) is 9.49. The number of hydrogen-bond donors (Lipinski definition) is 0. The third kappa shape index (κ3) is 3.29. The molecule has 0 N–H and O–H groups in total. The minimum absolute atomic E-state index is 0.0563. The van der Waals surface area contributed by atoms with Gasteiger partial charge < -0.3 is 14.4 Å². The van der Waals surface area contributed by atoms with Gasteiger partial charge in [0, 0.05) is 25.9 Å². The van der Waals surface area contributed by atoms with Crippen molar-refractivity contribution >= 4 is 23.5 Å². The zero-order valence-electron chi connectivity index (χ0n) is 14.8. The molecular weight excluding hydrogens is 354 g/mol. The van der Waals surface area contributed by atoms with Crippen molar-refractivity contribution in [1.29, 1.82) is 0 Å². The van der Waals surface area contributed by atoms with Gasteiger partial charge in [-0.3, -0.25) is 9.59 Å². The van der Waals surface area contributed by atoms with E-state index in [0.29, 0.717) is 23.9 Å². The Hall–Kier alpha value is -1.75. The average Bonchev–Trinajstić information content (AvgIpc) is 3.24. The van der Waals surface area contributed by atoms with Crippen molar-refractivity contribution in [1.82, 2.24) is 4.90 Å². The van der Waals surface area contributed by atoms with Crippen LogP contribution in [0.4, 0.5) is 0 Å². The third-order valence-electron chi connectivity index (χ3n) is 5.95. The molecule has 1 spiro atoms. The summed E-state index contributed by atoms with van der Waals surface area (Å²) in [7, 11) is 0. The number of likely N-dealkylation sites (tertiary alicyclic amines) is 1. The lowest BCUT2D eigenvalue weighted by atomic mass is 9.84. The molecule has 3 aliphatic rings. The van der Waals surface area contributed by atoms with E-state index in [1.54, 1.807) is 0 Å². The maximum Gasteiger partial charge on any atom is 0.307 e. The van der Waals surface area contributed by atoms with Gasteiger partial charge in [-0.15, -0.1) is 0 Å². The Morgan fingerprint density at radius 1 is 1.19 bits per heavy atom. The molecule has 3 fully saturated rings. The predicted octanol–water partition coefficient (Wildman–Crippen LogP) is 3.59. The van der Waals surface area contributed by atoms with Crippen LogP contribution in [0, 0.1) is 5.92 Å². The third-order valence-corrected chi connectivity index (χ3v) is 6.27. The number of rotatable bonds is 3. The van der Waals surface area contributed by atoms with E-state index in [2.05, 4.69) is 0 Å². The Bertz CT molecular complexity index is 693. The Morgan fingerprint density at radius 3 is 2.58 bits per heavy atom. The van der Waals surface area contributed by atoms with Crippen LogP contribution in [0.1, 0.15) is 44.9 Å². The van der Waals surface area contributed by atoms with E-state index in [9.17, 15) is 9.59 Å². The first-order valence-corrected chi connectivity index (χ1v) is 9.87. The number of esters is 1. The number of carbonyl (C=O) groups is 2. The van der Waals surface area contributed by atoms with Gasteiger partial charge in [0.15, 0.2) is 0 Å². The summed E-state index contributed by atoms with van der Waals surface area (Å²) in [4.78, 5) is 26.8.